The summed E-state index contributed by atoms with van der Waals surface area (Å²) >= 11 is 0. The van der Waals surface area contributed by atoms with Gasteiger partial charge in [0.25, 0.3) is 0 Å². The number of aromatic amines is 1. The van der Waals surface area contributed by atoms with Gasteiger partial charge in [0.2, 0.25) is 0 Å². The van der Waals surface area contributed by atoms with Gasteiger partial charge in [-0.15, -0.1) is 0 Å². The zero-order valence-electron chi connectivity index (χ0n) is 16.1. The number of hydrogen-bond acceptors (Lipinski definition) is 1. The fourth-order valence-electron chi connectivity index (χ4n) is 4.29. The highest BCUT2D eigenvalue weighted by Gasteiger charge is 2.31. The molecule has 0 radical (unpaired) electrons. The normalized spacial score (nSPS) is 15.6. The number of nitrogens with two attached hydrogens (primary N) is 1. The van der Waals surface area contributed by atoms with E-state index in [9.17, 15) is 4.79 Å². The number of rotatable bonds is 4. The van der Waals surface area contributed by atoms with Crippen LogP contribution in [0.25, 0.3) is 22.0 Å². The fourth-order valence-corrected chi connectivity index (χ4v) is 4.29. The van der Waals surface area contributed by atoms with Crippen LogP contribution >= 0.6 is 0 Å². The Morgan fingerprint density at radius 1 is 1.07 bits per heavy atom. The van der Waals surface area contributed by atoms with Crippen LogP contribution in [0.5, 0.6) is 0 Å². The summed E-state index contributed by atoms with van der Waals surface area (Å²) in [6.07, 6.45) is 7.18. The monoisotopic (exact) mass is 383 g/mol. The lowest BCUT2D eigenvalue weighted by atomic mass is 9.98. The molecule has 144 valence electrons. The van der Waals surface area contributed by atoms with Crippen molar-refractivity contribution in [3.05, 3.63) is 84.8 Å². The third-order valence-electron chi connectivity index (χ3n) is 5.85. The Morgan fingerprint density at radius 2 is 1.90 bits per heavy atom. The van der Waals surface area contributed by atoms with E-state index in [4.69, 9.17) is 5.73 Å². The number of hydrogen-bond donors (Lipinski definition) is 2. The Morgan fingerprint density at radius 3 is 2.72 bits per heavy atom. The molecule has 5 rings (SSSR count). The molecule has 0 bridgehead atoms. The number of primary amides is 1. The summed E-state index contributed by atoms with van der Waals surface area (Å²) < 4.78 is 2.20. The maximum atomic E-state index is 11.8. The lowest BCUT2D eigenvalue weighted by molar-refractivity contribution is -0.697. The van der Waals surface area contributed by atoms with E-state index in [0.717, 1.165) is 24.2 Å². The Labute approximate surface area is 169 Å². The first-order valence-corrected chi connectivity index (χ1v) is 9.91. The van der Waals surface area contributed by atoms with Crippen LogP contribution in [0.15, 0.2) is 79.3 Å². The van der Waals surface area contributed by atoms with Crippen molar-refractivity contribution in [3.63, 3.8) is 0 Å². The molecule has 2 amide bonds. The molecule has 0 saturated heterocycles. The van der Waals surface area contributed by atoms with Crippen LogP contribution in [-0.2, 0) is 6.54 Å². The topological polar surface area (TPSA) is 66.0 Å². The smallest absolute Gasteiger partial charge is 0.319 e. The van der Waals surface area contributed by atoms with Gasteiger partial charge in [-0.05, 0) is 46.3 Å². The number of amides is 2. The summed E-state index contributed by atoms with van der Waals surface area (Å²) in [4.78, 5) is 16.7. The van der Waals surface area contributed by atoms with E-state index in [1.54, 1.807) is 4.90 Å². The number of urea groups is 1. The van der Waals surface area contributed by atoms with E-state index in [-0.39, 0.29) is 6.03 Å². The van der Waals surface area contributed by atoms with Crippen molar-refractivity contribution in [2.75, 3.05) is 11.4 Å². The third kappa shape index (κ3) is 3.25. The summed E-state index contributed by atoms with van der Waals surface area (Å²) in [6, 6.07) is 20.6. The van der Waals surface area contributed by atoms with Crippen molar-refractivity contribution >= 4 is 22.6 Å². The molecule has 1 aliphatic heterocycles. The molecule has 1 atom stereocenters. The van der Waals surface area contributed by atoms with Gasteiger partial charge in [-0.2, -0.15) is 0 Å². The van der Waals surface area contributed by atoms with Gasteiger partial charge < -0.3 is 10.7 Å². The second-order valence-corrected chi connectivity index (χ2v) is 7.60. The summed E-state index contributed by atoms with van der Waals surface area (Å²) in [5, 5.41) is 1.22. The van der Waals surface area contributed by atoms with E-state index >= 15 is 0 Å². The summed E-state index contributed by atoms with van der Waals surface area (Å²) in [5.74, 6) is 0.307. The van der Waals surface area contributed by atoms with Crippen molar-refractivity contribution in [2.45, 2.75) is 18.9 Å². The molecule has 0 saturated carbocycles. The van der Waals surface area contributed by atoms with Gasteiger partial charge in [-0.25, -0.2) is 9.36 Å². The SMILES string of the molecule is NC(=O)N1C[C@@H](CC[n+]2ccc(-c3ccc4[nH]ccc4c3)cc2)c2ccccc21. The molecule has 2 aromatic heterocycles. The molecule has 5 heteroatoms. The molecule has 0 fully saturated rings. The van der Waals surface area contributed by atoms with Crippen LogP contribution in [0, 0.1) is 0 Å². The number of aryl methyl sites for hydroxylation is 1. The average Bonchev–Trinajstić information content (AvgIpc) is 3.37. The Bertz CT molecular complexity index is 1180. The second-order valence-electron chi connectivity index (χ2n) is 7.60. The number of carbonyl (C=O) groups is 1. The highest BCUT2D eigenvalue weighted by molar-refractivity contribution is 5.93. The molecule has 29 heavy (non-hydrogen) atoms. The van der Waals surface area contributed by atoms with Gasteiger partial charge >= 0.3 is 6.03 Å². The number of benzene rings is 2. The minimum atomic E-state index is -0.378. The van der Waals surface area contributed by atoms with E-state index in [1.165, 1.54) is 22.1 Å². The standard InChI is InChI=1S/C24H22N4O/c25-24(29)28-16-20(21-3-1-2-4-23(21)28)10-14-27-12-8-17(9-13-27)18-5-6-22-19(15-18)7-11-26-22/h1-9,11-13,15,20H,10,14,16H2,(H2,25,29)/p+1/t20-/m1/s1. The third-order valence-corrected chi connectivity index (χ3v) is 5.85. The largest absolute Gasteiger partial charge is 0.361 e. The highest BCUT2D eigenvalue weighted by Crippen LogP contribution is 2.37. The Hall–Kier alpha value is -3.60. The van der Waals surface area contributed by atoms with E-state index in [0.29, 0.717) is 12.5 Å². The molecule has 5 nitrogen and oxygen atoms in total. The molecular weight excluding hydrogens is 360 g/mol. The van der Waals surface area contributed by atoms with Crippen molar-refractivity contribution in [2.24, 2.45) is 5.73 Å². The number of para-hydroxylation sites is 1. The minimum Gasteiger partial charge on any atom is -0.361 e. The number of nitrogens with zero attached hydrogens (tertiary/aromatic N) is 2. The predicted molar refractivity (Wildman–Crippen MR) is 115 cm³/mol. The fraction of sp³-hybridized carbons (Fsp3) is 0.167. The lowest BCUT2D eigenvalue weighted by Gasteiger charge is -2.14. The highest BCUT2D eigenvalue weighted by atomic mass is 16.2. The Kier molecular flexibility index (Phi) is 4.28. The summed E-state index contributed by atoms with van der Waals surface area (Å²) in [5.41, 5.74) is 11.3. The number of nitrogens with one attached hydrogen (secondary N) is 1. The number of anilines is 1. The summed E-state index contributed by atoms with van der Waals surface area (Å²) in [7, 11) is 0. The number of aromatic nitrogens is 2. The van der Waals surface area contributed by atoms with Crippen molar-refractivity contribution in [1.82, 2.24) is 4.98 Å². The molecule has 3 N–H and O–H groups in total. The van der Waals surface area contributed by atoms with Crippen LogP contribution in [-0.4, -0.2) is 17.6 Å². The predicted octanol–water partition coefficient (Wildman–Crippen LogP) is 4.20. The van der Waals surface area contributed by atoms with Gasteiger partial charge in [0.05, 0.1) is 0 Å². The Balaban J connectivity index is 1.30. The maximum Gasteiger partial charge on any atom is 0.319 e. The van der Waals surface area contributed by atoms with Crippen LogP contribution in [0.2, 0.25) is 0 Å². The number of H-pyrrole nitrogens is 1. The number of fused-ring (bicyclic) bond motifs is 2. The van der Waals surface area contributed by atoms with Gasteiger partial charge in [0.1, 0.15) is 6.54 Å². The van der Waals surface area contributed by atoms with Crippen LogP contribution < -0.4 is 15.2 Å². The van der Waals surface area contributed by atoms with Crippen molar-refractivity contribution < 1.29 is 9.36 Å². The quantitative estimate of drug-likeness (QED) is 0.510. The van der Waals surface area contributed by atoms with Crippen LogP contribution in [0.1, 0.15) is 17.9 Å². The van der Waals surface area contributed by atoms with Gasteiger partial charge in [0.15, 0.2) is 12.4 Å². The average molecular weight is 383 g/mol. The number of carbonyl (C=O) groups excluding carboxylic acids is 1. The van der Waals surface area contributed by atoms with Crippen molar-refractivity contribution in [1.29, 1.82) is 0 Å². The first kappa shape index (κ1) is 17.5. The van der Waals surface area contributed by atoms with E-state index < -0.39 is 0 Å². The lowest BCUT2D eigenvalue weighted by Crippen LogP contribution is -2.36. The first-order chi connectivity index (χ1) is 14.2. The molecule has 0 aliphatic carbocycles. The van der Waals surface area contributed by atoms with Crippen LogP contribution in [0.3, 0.4) is 0 Å². The molecule has 1 aliphatic rings. The van der Waals surface area contributed by atoms with Crippen molar-refractivity contribution in [3.8, 4) is 11.1 Å². The minimum absolute atomic E-state index is 0.307. The molecule has 0 unspecified atom stereocenters. The van der Waals surface area contributed by atoms with Gasteiger partial charge in [-0.3, -0.25) is 4.90 Å². The summed E-state index contributed by atoms with van der Waals surface area (Å²) in [6.45, 7) is 1.55. The van der Waals surface area contributed by atoms with Gasteiger partial charge in [-0.1, -0.05) is 24.3 Å². The van der Waals surface area contributed by atoms with E-state index in [2.05, 4.69) is 64.4 Å². The van der Waals surface area contributed by atoms with Crippen LogP contribution in [0.4, 0.5) is 10.5 Å². The zero-order chi connectivity index (χ0) is 19.8. The number of pyridine rings is 1. The molecule has 3 heterocycles. The van der Waals surface area contributed by atoms with E-state index in [1.807, 2.05) is 24.4 Å². The molecule has 4 aromatic rings. The second kappa shape index (κ2) is 7.09. The zero-order valence-corrected chi connectivity index (χ0v) is 16.1. The maximum absolute atomic E-state index is 11.8. The molecule has 0 spiro atoms. The molecular formula is C24H23N4O+. The molecule has 2 aromatic carbocycles. The van der Waals surface area contributed by atoms with Gasteiger partial charge in [0, 0.05) is 48.4 Å². The first-order valence-electron chi connectivity index (χ1n) is 9.91.